The summed E-state index contributed by atoms with van der Waals surface area (Å²) >= 11 is 5.83. The molecule has 0 atom stereocenters. The first-order valence-electron chi connectivity index (χ1n) is 8.67. The van der Waals surface area contributed by atoms with Gasteiger partial charge in [-0.1, -0.05) is 11.6 Å². The second-order valence-corrected chi connectivity index (χ2v) is 6.52. The van der Waals surface area contributed by atoms with E-state index in [2.05, 4.69) is 20.3 Å². The number of hydrogen-bond donors (Lipinski definition) is 2. The molecule has 0 amide bonds. The summed E-state index contributed by atoms with van der Waals surface area (Å²) in [5, 5.41) is 12.5. The molecule has 3 rings (SSSR count). The van der Waals surface area contributed by atoms with Gasteiger partial charge in [0.15, 0.2) is 17.3 Å². The first-order chi connectivity index (χ1) is 14.2. The van der Waals surface area contributed by atoms with Crippen LogP contribution in [-0.4, -0.2) is 14.8 Å². The zero-order valence-corrected chi connectivity index (χ0v) is 16.4. The molecule has 2 aromatic heterocycles. The number of aromatic nitrogens is 3. The van der Waals surface area contributed by atoms with Crippen LogP contribution in [0.5, 0.6) is 5.75 Å². The third-order valence-corrected chi connectivity index (χ3v) is 4.14. The lowest BCUT2D eigenvalue weighted by atomic mass is 10.3. The molecule has 0 unspecified atom stereocenters. The summed E-state index contributed by atoms with van der Waals surface area (Å²) in [6, 6.07) is 8.84. The number of alkyl halides is 3. The summed E-state index contributed by atoms with van der Waals surface area (Å²) in [4.78, 5) is 3.91. The van der Waals surface area contributed by atoms with Gasteiger partial charge >= 0.3 is 6.18 Å². The molecule has 158 valence electrons. The Labute approximate surface area is 174 Å². The Morgan fingerprint density at radius 3 is 2.43 bits per heavy atom. The van der Waals surface area contributed by atoms with E-state index in [1.165, 1.54) is 6.07 Å². The first kappa shape index (κ1) is 21.4. The molecule has 0 spiro atoms. The number of benzene rings is 1. The molecular formula is C18H17ClF3N7O. The number of nitrogens with two attached hydrogens (primary N) is 2. The molecule has 0 radical (unpaired) electrons. The van der Waals surface area contributed by atoms with Gasteiger partial charge in [0.05, 0.1) is 5.69 Å². The third kappa shape index (κ3) is 4.98. The smallest absolute Gasteiger partial charge is 0.433 e. The van der Waals surface area contributed by atoms with Crippen LogP contribution in [0.3, 0.4) is 0 Å². The average Bonchev–Trinajstić information content (AvgIpc) is 3.11. The van der Waals surface area contributed by atoms with Crippen LogP contribution < -0.4 is 16.2 Å². The lowest BCUT2D eigenvalue weighted by molar-refractivity contribution is -0.144. The topological polar surface area (TPSA) is 117 Å². The number of pyridine rings is 1. The maximum atomic E-state index is 13.1. The Kier molecular flexibility index (Phi) is 6.11. The quantitative estimate of drug-likeness (QED) is 0.516. The van der Waals surface area contributed by atoms with Crippen LogP contribution in [0.25, 0.3) is 0 Å². The molecule has 0 aliphatic carbocycles. The van der Waals surface area contributed by atoms with E-state index >= 15 is 0 Å². The molecular weight excluding hydrogens is 423 g/mol. The number of nitrogens with zero attached hydrogens (tertiary/aromatic N) is 5. The Balaban J connectivity index is 1.86. The van der Waals surface area contributed by atoms with Crippen LogP contribution in [-0.2, 0) is 19.3 Å². The zero-order valence-electron chi connectivity index (χ0n) is 15.7. The van der Waals surface area contributed by atoms with E-state index in [0.29, 0.717) is 10.7 Å². The van der Waals surface area contributed by atoms with E-state index in [9.17, 15) is 13.2 Å². The fourth-order valence-corrected chi connectivity index (χ4v) is 2.67. The van der Waals surface area contributed by atoms with Crippen LogP contribution in [0.15, 0.2) is 46.6 Å². The highest BCUT2D eigenvalue weighted by molar-refractivity contribution is 6.30. The number of hydrogen-bond acceptors (Lipinski definition) is 7. The first-order valence-corrected chi connectivity index (χ1v) is 9.05. The fraction of sp³-hybridized carbons (Fsp3) is 0.222. The molecule has 4 N–H and O–H groups in total. The van der Waals surface area contributed by atoms with Gasteiger partial charge in [0.1, 0.15) is 23.8 Å². The minimum absolute atomic E-state index is 0.0437. The monoisotopic (exact) mass is 439 g/mol. The van der Waals surface area contributed by atoms with Gasteiger partial charge in [0, 0.05) is 17.6 Å². The standard InChI is InChI=1S/C18H17ClF3N7O/c1-2-29-14(18(20,21)22)7-12(28-29)9-30-13-8-15(23)25-17(24)16(13)27-26-11-5-3-10(19)4-6-11/h3-8H,2,9H2,1H3,(H4,23,24,25)/b27-26+. The molecule has 1 aromatic carbocycles. The summed E-state index contributed by atoms with van der Waals surface area (Å²) in [5.41, 5.74) is 11.4. The van der Waals surface area contributed by atoms with Gasteiger partial charge in [-0.15, -0.1) is 5.11 Å². The van der Waals surface area contributed by atoms with Gasteiger partial charge in [-0.05, 0) is 37.3 Å². The fourth-order valence-electron chi connectivity index (χ4n) is 2.54. The maximum Gasteiger partial charge on any atom is 0.433 e. The van der Waals surface area contributed by atoms with Crippen molar-refractivity contribution in [3.05, 3.63) is 52.8 Å². The summed E-state index contributed by atoms with van der Waals surface area (Å²) in [7, 11) is 0. The zero-order chi connectivity index (χ0) is 21.9. The molecule has 8 nitrogen and oxygen atoms in total. The Bertz CT molecular complexity index is 1060. The summed E-state index contributed by atoms with van der Waals surface area (Å²) in [6.07, 6.45) is -4.52. The van der Waals surface area contributed by atoms with Gasteiger partial charge in [0.2, 0.25) is 0 Å². The van der Waals surface area contributed by atoms with Gasteiger partial charge in [0.25, 0.3) is 0 Å². The summed E-state index contributed by atoms with van der Waals surface area (Å²) < 4.78 is 45.7. The summed E-state index contributed by atoms with van der Waals surface area (Å²) in [6.45, 7) is 1.36. The van der Waals surface area contributed by atoms with Crippen LogP contribution in [0, 0.1) is 0 Å². The second-order valence-electron chi connectivity index (χ2n) is 6.08. The number of aryl methyl sites for hydroxylation is 1. The number of nitrogen functional groups attached to an aromatic ring is 2. The lowest BCUT2D eigenvalue weighted by Crippen LogP contribution is -2.13. The van der Waals surface area contributed by atoms with E-state index in [1.54, 1.807) is 31.2 Å². The van der Waals surface area contributed by atoms with Crippen molar-refractivity contribution < 1.29 is 17.9 Å². The molecule has 0 aliphatic rings. The highest BCUT2D eigenvalue weighted by Gasteiger charge is 2.35. The van der Waals surface area contributed by atoms with Gasteiger partial charge < -0.3 is 16.2 Å². The van der Waals surface area contributed by atoms with Crippen LogP contribution in [0.1, 0.15) is 18.3 Å². The van der Waals surface area contributed by atoms with Crippen LogP contribution >= 0.6 is 11.6 Å². The lowest BCUT2D eigenvalue weighted by Gasteiger charge is -2.09. The Morgan fingerprint density at radius 2 is 1.83 bits per heavy atom. The van der Waals surface area contributed by atoms with Crippen molar-refractivity contribution in [1.29, 1.82) is 0 Å². The van der Waals surface area contributed by atoms with Crippen molar-refractivity contribution in [1.82, 2.24) is 14.8 Å². The molecule has 0 bridgehead atoms. The minimum Gasteiger partial charge on any atom is -0.485 e. The predicted octanol–water partition coefficient (Wildman–Crippen LogP) is 5.13. The van der Waals surface area contributed by atoms with E-state index in [-0.39, 0.29) is 41.9 Å². The molecule has 30 heavy (non-hydrogen) atoms. The number of anilines is 2. The van der Waals surface area contributed by atoms with Gasteiger partial charge in [-0.25, -0.2) is 4.98 Å². The molecule has 12 heteroatoms. The second kappa shape index (κ2) is 8.57. The van der Waals surface area contributed by atoms with Crippen molar-refractivity contribution in [2.75, 3.05) is 11.5 Å². The van der Waals surface area contributed by atoms with E-state index in [4.69, 9.17) is 27.8 Å². The number of azo groups is 1. The van der Waals surface area contributed by atoms with Gasteiger partial charge in [-0.2, -0.15) is 23.4 Å². The molecule has 2 heterocycles. The Hall–Kier alpha value is -3.34. The van der Waals surface area contributed by atoms with E-state index in [1.807, 2.05) is 0 Å². The van der Waals surface area contributed by atoms with Crippen molar-refractivity contribution in [3.63, 3.8) is 0 Å². The normalized spacial score (nSPS) is 11.9. The van der Waals surface area contributed by atoms with Gasteiger partial charge in [-0.3, -0.25) is 4.68 Å². The Morgan fingerprint density at radius 1 is 1.13 bits per heavy atom. The molecule has 0 saturated heterocycles. The summed E-state index contributed by atoms with van der Waals surface area (Å²) in [5.74, 6) is 0.123. The third-order valence-electron chi connectivity index (χ3n) is 3.89. The predicted molar refractivity (Wildman–Crippen MR) is 106 cm³/mol. The van der Waals surface area contributed by atoms with Crippen LogP contribution in [0.4, 0.5) is 36.2 Å². The molecule has 0 aliphatic heterocycles. The highest BCUT2D eigenvalue weighted by Crippen LogP contribution is 2.36. The van der Waals surface area contributed by atoms with Crippen LogP contribution in [0.2, 0.25) is 5.02 Å². The number of ether oxygens (including phenoxy) is 1. The molecule has 0 saturated carbocycles. The van der Waals surface area contributed by atoms with Crippen molar-refractivity contribution in [2.45, 2.75) is 26.3 Å². The van der Waals surface area contributed by atoms with Crippen molar-refractivity contribution in [3.8, 4) is 5.75 Å². The number of rotatable bonds is 6. The number of halogens is 4. The van der Waals surface area contributed by atoms with Crippen molar-refractivity contribution >= 4 is 34.6 Å². The average molecular weight is 440 g/mol. The van der Waals surface area contributed by atoms with E-state index < -0.39 is 11.9 Å². The molecule has 0 fully saturated rings. The van der Waals surface area contributed by atoms with E-state index in [0.717, 1.165) is 10.7 Å². The molecule has 3 aromatic rings. The minimum atomic E-state index is -4.52. The SMILES string of the molecule is CCn1nc(COc2cc(N)nc(N)c2/N=N/c2ccc(Cl)cc2)cc1C(F)(F)F. The largest absolute Gasteiger partial charge is 0.485 e. The highest BCUT2D eigenvalue weighted by atomic mass is 35.5. The maximum absolute atomic E-state index is 13.1. The van der Waals surface area contributed by atoms with Crippen molar-refractivity contribution in [2.24, 2.45) is 10.2 Å².